The summed E-state index contributed by atoms with van der Waals surface area (Å²) >= 11 is 0. The van der Waals surface area contributed by atoms with Crippen molar-refractivity contribution in [2.24, 2.45) is 0 Å². The molecule has 0 atom stereocenters. The number of nitrogens with zero attached hydrogens (tertiary/aromatic N) is 1. The molecule has 1 aliphatic heterocycles. The van der Waals surface area contributed by atoms with Crippen LogP contribution in [0, 0.1) is 6.92 Å². The minimum absolute atomic E-state index is 0.336. The zero-order chi connectivity index (χ0) is 12.4. The summed E-state index contributed by atoms with van der Waals surface area (Å²) in [6.07, 6.45) is 2.47. The number of piperidine rings is 1. The monoisotopic (exact) mass is 246 g/mol. The number of nitrogens with one attached hydrogen (secondary N) is 1. The van der Waals surface area contributed by atoms with E-state index >= 15 is 0 Å². The Hall–Kier alpha value is -1.39. The molecule has 1 N–H and O–H groups in total. The van der Waals surface area contributed by atoms with E-state index in [-0.39, 0.29) is 0 Å². The Morgan fingerprint density at radius 2 is 2.22 bits per heavy atom. The maximum Gasteiger partial charge on any atom is 0.221 e. The van der Waals surface area contributed by atoms with Crippen molar-refractivity contribution in [3.8, 4) is 0 Å². The lowest BCUT2D eigenvalue weighted by Gasteiger charge is -2.22. The normalized spacial score (nSPS) is 17.4. The summed E-state index contributed by atoms with van der Waals surface area (Å²) in [5.41, 5.74) is 2.95. The molecule has 1 aliphatic rings. The molecule has 0 spiro atoms. The van der Waals surface area contributed by atoms with Crippen molar-refractivity contribution in [2.75, 3.05) is 13.1 Å². The Morgan fingerprint density at radius 1 is 1.39 bits per heavy atom. The third-order valence-electron chi connectivity index (χ3n) is 3.32. The molecule has 18 heavy (non-hydrogen) atoms. The van der Waals surface area contributed by atoms with Gasteiger partial charge in [0.05, 0.1) is 6.10 Å². The van der Waals surface area contributed by atoms with E-state index in [0.717, 1.165) is 37.0 Å². The van der Waals surface area contributed by atoms with E-state index in [1.807, 2.05) is 18.2 Å². The van der Waals surface area contributed by atoms with Gasteiger partial charge in [0.25, 0.3) is 0 Å². The predicted octanol–water partition coefficient (Wildman–Crippen LogP) is 2.40. The smallest absolute Gasteiger partial charge is 0.221 e. The van der Waals surface area contributed by atoms with Crippen molar-refractivity contribution >= 4 is 11.1 Å². The quantitative estimate of drug-likeness (QED) is 0.903. The van der Waals surface area contributed by atoms with Gasteiger partial charge >= 0.3 is 0 Å². The molecule has 4 nitrogen and oxygen atoms in total. The van der Waals surface area contributed by atoms with Crippen molar-refractivity contribution in [2.45, 2.75) is 32.5 Å². The minimum Gasteiger partial charge on any atom is -0.438 e. The maximum atomic E-state index is 5.83. The molecular formula is C14H18N2O2. The Labute approximate surface area is 106 Å². The molecule has 0 amide bonds. The molecule has 0 unspecified atom stereocenters. The average Bonchev–Trinajstić information content (AvgIpc) is 2.79. The van der Waals surface area contributed by atoms with E-state index in [1.165, 1.54) is 5.56 Å². The number of aromatic nitrogens is 1. The van der Waals surface area contributed by atoms with Gasteiger partial charge in [-0.1, -0.05) is 6.07 Å². The standard InChI is InChI=1S/C14H18N2O2/c1-10-2-3-13-12(8-10)16-14(18-13)9-17-11-4-6-15-7-5-11/h2-3,8,11,15H,4-7,9H2,1H3. The fourth-order valence-corrected chi connectivity index (χ4v) is 2.30. The number of aryl methyl sites for hydroxylation is 1. The second kappa shape index (κ2) is 5.08. The molecule has 0 radical (unpaired) electrons. The second-order valence-electron chi connectivity index (χ2n) is 4.84. The van der Waals surface area contributed by atoms with Crippen LogP contribution < -0.4 is 5.32 Å². The first-order chi connectivity index (χ1) is 8.81. The van der Waals surface area contributed by atoms with Crippen LogP contribution >= 0.6 is 0 Å². The third kappa shape index (κ3) is 2.54. The molecule has 1 aromatic carbocycles. The lowest BCUT2D eigenvalue weighted by molar-refractivity contribution is 0.0113. The van der Waals surface area contributed by atoms with E-state index in [2.05, 4.69) is 17.2 Å². The lowest BCUT2D eigenvalue weighted by Crippen LogP contribution is -2.32. The fraction of sp³-hybridized carbons (Fsp3) is 0.500. The van der Waals surface area contributed by atoms with Gasteiger partial charge in [0.1, 0.15) is 12.1 Å². The van der Waals surface area contributed by atoms with Crippen LogP contribution in [0.15, 0.2) is 22.6 Å². The van der Waals surface area contributed by atoms with Gasteiger partial charge in [0.15, 0.2) is 5.58 Å². The first kappa shape index (κ1) is 11.7. The molecular weight excluding hydrogens is 228 g/mol. The van der Waals surface area contributed by atoms with Crippen molar-refractivity contribution in [3.63, 3.8) is 0 Å². The molecule has 96 valence electrons. The fourth-order valence-electron chi connectivity index (χ4n) is 2.30. The van der Waals surface area contributed by atoms with Crippen LogP contribution in [0.3, 0.4) is 0 Å². The summed E-state index contributed by atoms with van der Waals surface area (Å²) in [6.45, 7) is 4.60. The molecule has 3 rings (SSSR count). The van der Waals surface area contributed by atoms with Crippen LogP contribution in [0.25, 0.3) is 11.1 Å². The predicted molar refractivity (Wildman–Crippen MR) is 69.4 cm³/mol. The van der Waals surface area contributed by atoms with Crippen LogP contribution in [-0.4, -0.2) is 24.2 Å². The van der Waals surface area contributed by atoms with Crippen molar-refractivity contribution in [1.29, 1.82) is 0 Å². The van der Waals surface area contributed by atoms with E-state index in [1.54, 1.807) is 0 Å². The largest absolute Gasteiger partial charge is 0.438 e. The summed E-state index contributed by atoms with van der Waals surface area (Å²) in [7, 11) is 0. The molecule has 0 saturated carbocycles. The molecule has 2 heterocycles. The number of fused-ring (bicyclic) bond motifs is 1. The van der Waals surface area contributed by atoms with E-state index in [0.29, 0.717) is 18.6 Å². The van der Waals surface area contributed by atoms with Crippen LogP contribution in [0.1, 0.15) is 24.3 Å². The summed E-state index contributed by atoms with van der Waals surface area (Å²) in [5.74, 6) is 0.675. The maximum absolute atomic E-state index is 5.83. The average molecular weight is 246 g/mol. The van der Waals surface area contributed by atoms with Gasteiger partial charge in [0.2, 0.25) is 5.89 Å². The highest BCUT2D eigenvalue weighted by Crippen LogP contribution is 2.18. The van der Waals surface area contributed by atoms with E-state index in [4.69, 9.17) is 9.15 Å². The molecule has 0 aliphatic carbocycles. The van der Waals surface area contributed by atoms with Gasteiger partial charge in [-0.05, 0) is 50.6 Å². The van der Waals surface area contributed by atoms with Crippen molar-refractivity contribution < 1.29 is 9.15 Å². The van der Waals surface area contributed by atoms with E-state index < -0.39 is 0 Å². The minimum atomic E-state index is 0.336. The van der Waals surface area contributed by atoms with Gasteiger partial charge in [-0.3, -0.25) is 0 Å². The molecule has 0 bridgehead atoms. The summed E-state index contributed by atoms with van der Waals surface area (Å²) in [5, 5.41) is 3.32. The first-order valence-corrected chi connectivity index (χ1v) is 6.50. The Kier molecular flexibility index (Phi) is 3.30. The number of benzene rings is 1. The Balaban J connectivity index is 1.67. The number of oxazole rings is 1. The number of hydrogen-bond acceptors (Lipinski definition) is 4. The molecule has 1 fully saturated rings. The van der Waals surface area contributed by atoms with Crippen molar-refractivity contribution in [3.05, 3.63) is 29.7 Å². The third-order valence-corrected chi connectivity index (χ3v) is 3.32. The summed E-state index contributed by atoms with van der Waals surface area (Å²) in [4.78, 5) is 4.45. The molecule has 2 aromatic rings. The topological polar surface area (TPSA) is 47.3 Å². The van der Waals surface area contributed by atoms with Crippen LogP contribution in [-0.2, 0) is 11.3 Å². The number of rotatable bonds is 3. The highest BCUT2D eigenvalue weighted by atomic mass is 16.5. The first-order valence-electron chi connectivity index (χ1n) is 6.50. The lowest BCUT2D eigenvalue weighted by atomic mass is 10.1. The Morgan fingerprint density at radius 3 is 3.06 bits per heavy atom. The van der Waals surface area contributed by atoms with Gasteiger partial charge in [-0.15, -0.1) is 0 Å². The zero-order valence-corrected chi connectivity index (χ0v) is 10.6. The van der Waals surface area contributed by atoms with Gasteiger partial charge in [-0.25, -0.2) is 4.98 Å². The number of hydrogen-bond donors (Lipinski definition) is 1. The number of ether oxygens (including phenoxy) is 1. The SMILES string of the molecule is Cc1ccc2oc(COC3CCNCC3)nc2c1. The van der Waals surface area contributed by atoms with Gasteiger partial charge in [-0.2, -0.15) is 0 Å². The van der Waals surface area contributed by atoms with E-state index in [9.17, 15) is 0 Å². The summed E-state index contributed by atoms with van der Waals surface area (Å²) < 4.78 is 11.5. The van der Waals surface area contributed by atoms with Crippen LogP contribution in [0.2, 0.25) is 0 Å². The highest BCUT2D eigenvalue weighted by Gasteiger charge is 2.14. The second-order valence-corrected chi connectivity index (χ2v) is 4.84. The van der Waals surface area contributed by atoms with Crippen LogP contribution in [0.5, 0.6) is 0 Å². The van der Waals surface area contributed by atoms with Crippen LogP contribution in [0.4, 0.5) is 0 Å². The molecule has 1 saturated heterocycles. The highest BCUT2D eigenvalue weighted by molar-refractivity contribution is 5.73. The zero-order valence-electron chi connectivity index (χ0n) is 10.6. The summed E-state index contributed by atoms with van der Waals surface area (Å²) in [6, 6.07) is 6.03. The molecule has 4 heteroatoms. The van der Waals surface area contributed by atoms with Gasteiger partial charge in [0, 0.05) is 0 Å². The molecule has 1 aromatic heterocycles. The Bertz CT molecular complexity index is 530. The van der Waals surface area contributed by atoms with Crippen molar-refractivity contribution in [1.82, 2.24) is 10.3 Å². The van der Waals surface area contributed by atoms with Gasteiger partial charge < -0.3 is 14.5 Å².